The molecule has 1 amide bonds. The molecule has 0 bridgehead atoms. The number of nitrogens with zero attached hydrogens (tertiary/aromatic N) is 1. The van der Waals surface area contributed by atoms with Gasteiger partial charge in [-0.2, -0.15) is 0 Å². The predicted molar refractivity (Wildman–Crippen MR) is 92.3 cm³/mol. The average Bonchev–Trinajstić information content (AvgIpc) is 2.32. The maximum absolute atomic E-state index is 12.2. The zero-order chi connectivity index (χ0) is 17.8. The van der Waals surface area contributed by atoms with E-state index < -0.39 is 15.6 Å². The van der Waals surface area contributed by atoms with Gasteiger partial charge in [0.15, 0.2) is 0 Å². The second kappa shape index (κ2) is 7.21. The third-order valence-corrected chi connectivity index (χ3v) is 3.83. The van der Waals surface area contributed by atoms with E-state index in [4.69, 9.17) is 4.74 Å². The fourth-order valence-electron chi connectivity index (χ4n) is 1.99. The molecule has 1 rings (SSSR count). The van der Waals surface area contributed by atoms with Crippen LogP contribution < -0.4 is 14.4 Å². The first-order valence-electron chi connectivity index (χ1n) is 7.44. The smallest absolute Gasteiger partial charge is 0.241 e. The summed E-state index contributed by atoms with van der Waals surface area (Å²) in [6.07, 6.45) is 0.963. The van der Waals surface area contributed by atoms with E-state index >= 15 is 0 Å². The lowest BCUT2D eigenvalue weighted by Gasteiger charge is -2.27. The molecule has 0 saturated carbocycles. The van der Waals surface area contributed by atoms with Crippen LogP contribution in [-0.4, -0.2) is 38.8 Å². The first-order chi connectivity index (χ1) is 10.4. The minimum atomic E-state index is -3.63. The SMILES string of the molecule is CC(C)Oc1ccccc1N(CC(=O)NC(C)(C)C)S(C)(=O)=O. The third-order valence-electron chi connectivity index (χ3n) is 2.70. The van der Waals surface area contributed by atoms with Crippen LogP contribution in [0.5, 0.6) is 5.75 Å². The van der Waals surface area contributed by atoms with Gasteiger partial charge in [-0.15, -0.1) is 0 Å². The van der Waals surface area contributed by atoms with Gasteiger partial charge in [-0.05, 0) is 46.8 Å². The lowest BCUT2D eigenvalue weighted by molar-refractivity contribution is -0.121. The number of benzene rings is 1. The van der Waals surface area contributed by atoms with E-state index in [0.29, 0.717) is 11.4 Å². The molecule has 6 nitrogen and oxygen atoms in total. The zero-order valence-electron chi connectivity index (χ0n) is 14.6. The van der Waals surface area contributed by atoms with Crippen molar-refractivity contribution in [3.63, 3.8) is 0 Å². The quantitative estimate of drug-likeness (QED) is 0.859. The summed E-state index contributed by atoms with van der Waals surface area (Å²) in [5.74, 6) is 0.0544. The molecule has 0 saturated heterocycles. The van der Waals surface area contributed by atoms with Gasteiger partial charge in [-0.3, -0.25) is 9.10 Å². The van der Waals surface area contributed by atoms with Crippen molar-refractivity contribution in [2.75, 3.05) is 17.1 Å². The molecule has 0 aliphatic rings. The van der Waals surface area contributed by atoms with Gasteiger partial charge in [-0.1, -0.05) is 12.1 Å². The first-order valence-corrected chi connectivity index (χ1v) is 9.29. The molecule has 1 N–H and O–H groups in total. The minimum absolute atomic E-state index is 0.110. The van der Waals surface area contributed by atoms with Crippen molar-refractivity contribution < 1.29 is 17.9 Å². The van der Waals surface area contributed by atoms with Gasteiger partial charge in [0.2, 0.25) is 15.9 Å². The lowest BCUT2D eigenvalue weighted by Crippen LogP contribution is -2.47. The molecule has 7 heteroatoms. The van der Waals surface area contributed by atoms with E-state index in [1.54, 1.807) is 24.3 Å². The van der Waals surface area contributed by atoms with Crippen molar-refractivity contribution >= 4 is 21.6 Å². The Morgan fingerprint density at radius 2 is 1.83 bits per heavy atom. The summed E-state index contributed by atoms with van der Waals surface area (Å²) in [5.41, 5.74) is -0.0819. The highest BCUT2D eigenvalue weighted by atomic mass is 32.2. The Hall–Kier alpha value is -1.76. The molecule has 130 valence electrons. The van der Waals surface area contributed by atoms with Crippen LogP contribution in [0.2, 0.25) is 0 Å². The molecule has 0 unspecified atom stereocenters. The highest BCUT2D eigenvalue weighted by Crippen LogP contribution is 2.30. The number of sulfonamides is 1. The second-order valence-electron chi connectivity index (χ2n) is 6.70. The Morgan fingerprint density at radius 1 is 1.26 bits per heavy atom. The molecule has 0 aliphatic carbocycles. The standard InChI is InChI=1S/C16H26N2O4S/c1-12(2)22-14-10-8-7-9-13(14)18(23(6,20)21)11-15(19)17-16(3,4)5/h7-10,12H,11H2,1-6H3,(H,17,19). The maximum atomic E-state index is 12.2. The van der Waals surface area contributed by atoms with Crippen molar-refractivity contribution in [2.45, 2.75) is 46.3 Å². The van der Waals surface area contributed by atoms with Crippen molar-refractivity contribution in [2.24, 2.45) is 0 Å². The number of hydrogen-bond donors (Lipinski definition) is 1. The van der Waals surface area contributed by atoms with Gasteiger partial charge in [0, 0.05) is 5.54 Å². The Morgan fingerprint density at radius 3 is 2.30 bits per heavy atom. The third kappa shape index (κ3) is 6.48. The molecule has 0 heterocycles. The predicted octanol–water partition coefficient (Wildman–Crippen LogP) is 2.15. The molecule has 0 spiro atoms. The number of nitrogens with one attached hydrogen (secondary N) is 1. The zero-order valence-corrected chi connectivity index (χ0v) is 15.4. The van der Waals surface area contributed by atoms with E-state index in [9.17, 15) is 13.2 Å². The Bertz CT molecular complexity index is 648. The van der Waals surface area contributed by atoms with Crippen LogP contribution in [-0.2, 0) is 14.8 Å². The summed E-state index contributed by atoms with van der Waals surface area (Å²) in [6, 6.07) is 6.79. The fourth-order valence-corrected chi connectivity index (χ4v) is 2.85. The summed E-state index contributed by atoms with van der Waals surface area (Å²) in [7, 11) is -3.63. The molecular formula is C16H26N2O4S. The maximum Gasteiger partial charge on any atom is 0.241 e. The highest BCUT2D eigenvalue weighted by Gasteiger charge is 2.25. The summed E-state index contributed by atoms with van der Waals surface area (Å²) in [6.45, 7) is 8.93. The minimum Gasteiger partial charge on any atom is -0.489 e. The average molecular weight is 342 g/mol. The fraction of sp³-hybridized carbons (Fsp3) is 0.562. The highest BCUT2D eigenvalue weighted by molar-refractivity contribution is 7.92. The van der Waals surface area contributed by atoms with Crippen LogP contribution in [0.4, 0.5) is 5.69 Å². The summed E-state index contributed by atoms with van der Waals surface area (Å²) < 4.78 is 31.1. The number of anilines is 1. The molecule has 0 radical (unpaired) electrons. The van der Waals surface area contributed by atoms with Gasteiger partial charge in [-0.25, -0.2) is 8.42 Å². The molecule has 1 aromatic rings. The Balaban J connectivity index is 3.17. The van der Waals surface area contributed by atoms with Crippen molar-refractivity contribution in [1.29, 1.82) is 0 Å². The summed E-state index contributed by atoms with van der Waals surface area (Å²) in [4.78, 5) is 12.2. The molecule has 0 atom stereocenters. The van der Waals surface area contributed by atoms with Crippen LogP contribution in [0.1, 0.15) is 34.6 Å². The van der Waals surface area contributed by atoms with Crippen molar-refractivity contribution in [1.82, 2.24) is 5.32 Å². The monoisotopic (exact) mass is 342 g/mol. The molecule has 1 aromatic carbocycles. The van der Waals surface area contributed by atoms with Crippen LogP contribution in [0.25, 0.3) is 0 Å². The van der Waals surface area contributed by atoms with Crippen molar-refractivity contribution in [3.8, 4) is 5.75 Å². The van der Waals surface area contributed by atoms with Crippen LogP contribution in [0.15, 0.2) is 24.3 Å². The van der Waals surface area contributed by atoms with Crippen molar-refractivity contribution in [3.05, 3.63) is 24.3 Å². The number of amides is 1. The Kier molecular flexibility index (Phi) is 6.04. The number of carbonyl (C=O) groups excluding carboxylic acids is 1. The van der Waals surface area contributed by atoms with Crippen LogP contribution in [0, 0.1) is 0 Å². The number of rotatable bonds is 6. The van der Waals surface area contributed by atoms with E-state index in [1.807, 2.05) is 34.6 Å². The Labute approximate surface area is 138 Å². The molecule has 0 fully saturated rings. The largest absolute Gasteiger partial charge is 0.489 e. The number of ether oxygens (including phenoxy) is 1. The van der Waals surface area contributed by atoms with Gasteiger partial charge in [0.05, 0.1) is 18.0 Å². The van der Waals surface area contributed by atoms with E-state index in [-0.39, 0.29) is 18.6 Å². The van der Waals surface area contributed by atoms with Gasteiger partial charge < -0.3 is 10.1 Å². The lowest BCUT2D eigenvalue weighted by atomic mass is 10.1. The summed E-state index contributed by atoms with van der Waals surface area (Å²) >= 11 is 0. The first kappa shape index (κ1) is 19.3. The molecular weight excluding hydrogens is 316 g/mol. The summed E-state index contributed by atoms with van der Waals surface area (Å²) in [5, 5.41) is 2.77. The molecule has 23 heavy (non-hydrogen) atoms. The molecule has 0 aliphatic heterocycles. The number of carbonyl (C=O) groups is 1. The van der Waals surface area contributed by atoms with E-state index in [0.717, 1.165) is 10.6 Å². The van der Waals surface area contributed by atoms with Gasteiger partial charge in [0.25, 0.3) is 0 Å². The number of hydrogen-bond acceptors (Lipinski definition) is 4. The van der Waals surface area contributed by atoms with Crippen LogP contribution in [0.3, 0.4) is 0 Å². The van der Waals surface area contributed by atoms with Crippen LogP contribution >= 0.6 is 0 Å². The normalized spacial score (nSPS) is 12.1. The molecule has 0 aromatic heterocycles. The van der Waals surface area contributed by atoms with E-state index in [1.165, 1.54) is 0 Å². The van der Waals surface area contributed by atoms with Gasteiger partial charge >= 0.3 is 0 Å². The second-order valence-corrected chi connectivity index (χ2v) is 8.61. The topological polar surface area (TPSA) is 75.7 Å². The number of para-hydroxylation sites is 2. The van der Waals surface area contributed by atoms with Gasteiger partial charge in [0.1, 0.15) is 12.3 Å². The van der Waals surface area contributed by atoms with E-state index in [2.05, 4.69) is 5.32 Å².